The first-order valence-electron chi connectivity index (χ1n) is 7.19. The van der Waals surface area contributed by atoms with Crippen molar-refractivity contribution in [1.82, 2.24) is 9.80 Å². The molecule has 3 rings (SSSR count). The van der Waals surface area contributed by atoms with Crippen molar-refractivity contribution in [1.29, 1.82) is 0 Å². The highest BCUT2D eigenvalue weighted by molar-refractivity contribution is 5.83. The lowest BCUT2D eigenvalue weighted by molar-refractivity contribution is -0.147. The molecule has 2 saturated carbocycles. The van der Waals surface area contributed by atoms with Crippen LogP contribution >= 0.6 is 0 Å². The standard InChI is InChI=1S/C14H22N2O2/c1-9-7-16(14(18)12-5-6-12)10(2)8-15(9)13(17)11-3-4-11/h9-12H,3-8H2,1-2H3/t9-,10-/m1/s1. The summed E-state index contributed by atoms with van der Waals surface area (Å²) in [6.07, 6.45) is 4.23. The maximum atomic E-state index is 12.2. The zero-order valence-corrected chi connectivity index (χ0v) is 11.3. The van der Waals surface area contributed by atoms with E-state index >= 15 is 0 Å². The number of hydrogen-bond acceptors (Lipinski definition) is 2. The number of hydrogen-bond donors (Lipinski definition) is 0. The number of carbonyl (C=O) groups excluding carboxylic acids is 2. The lowest BCUT2D eigenvalue weighted by Gasteiger charge is -2.44. The van der Waals surface area contributed by atoms with Crippen molar-refractivity contribution in [2.45, 2.75) is 51.6 Å². The smallest absolute Gasteiger partial charge is 0.226 e. The Kier molecular flexibility index (Phi) is 2.83. The number of amides is 2. The molecule has 0 unspecified atom stereocenters. The van der Waals surface area contributed by atoms with Crippen LogP contribution in [0.5, 0.6) is 0 Å². The minimum Gasteiger partial charge on any atom is -0.336 e. The molecular weight excluding hydrogens is 228 g/mol. The predicted molar refractivity (Wildman–Crippen MR) is 67.8 cm³/mol. The van der Waals surface area contributed by atoms with Crippen LogP contribution in [-0.2, 0) is 9.59 Å². The minimum atomic E-state index is 0.178. The van der Waals surface area contributed by atoms with Crippen LogP contribution in [0.2, 0.25) is 0 Å². The summed E-state index contributed by atoms with van der Waals surface area (Å²) in [5.74, 6) is 1.19. The van der Waals surface area contributed by atoms with Crippen molar-refractivity contribution in [2.24, 2.45) is 11.8 Å². The first-order valence-corrected chi connectivity index (χ1v) is 7.19. The van der Waals surface area contributed by atoms with Crippen molar-refractivity contribution in [3.8, 4) is 0 Å². The van der Waals surface area contributed by atoms with E-state index in [1.54, 1.807) is 0 Å². The van der Waals surface area contributed by atoms with E-state index in [0.717, 1.165) is 38.8 Å². The number of rotatable bonds is 2. The monoisotopic (exact) mass is 250 g/mol. The molecule has 3 fully saturated rings. The van der Waals surface area contributed by atoms with Gasteiger partial charge in [-0.2, -0.15) is 0 Å². The van der Waals surface area contributed by atoms with Gasteiger partial charge in [-0.1, -0.05) is 0 Å². The third kappa shape index (κ3) is 2.13. The molecule has 3 aliphatic rings. The van der Waals surface area contributed by atoms with Gasteiger partial charge in [0, 0.05) is 37.0 Å². The van der Waals surface area contributed by atoms with Crippen LogP contribution in [0.3, 0.4) is 0 Å². The second kappa shape index (κ2) is 4.25. The maximum absolute atomic E-state index is 12.2. The molecule has 1 heterocycles. The van der Waals surface area contributed by atoms with E-state index in [9.17, 15) is 9.59 Å². The fraction of sp³-hybridized carbons (Fsp3) is 0.857. The van der Waals surface area contributed by atoms with E-state index in [0.29, 0.717) is 11.8 Å². The third-order valence-electron chi connectivity index (χ3n) is 4.41. The normalized spacial score (nSPS) is 32.6. The average Bonchev–Trinajstić information content (AvgIpc) is 3.18. The molecule has 0 radical (unpaired) electrons. The molecule has 0 aromatic heterocycles. The Bertz CT molecular complexity index is 338. The highest BCUT2D eigenvalue weighted by atomic mass is 16.2. The zero-order chi connectivity index (χ0) is 12.9. The van der Waals surface area contributed by atoms with Crippen LogP contribution in [0.1, 0.15) is 39.5 Å². The fourth-order valence-electron chi connectivity index (χ4n) is 2.87. The van der Waals surface area contributed by atoms with Gasteiger partial charge in [0.1, 0.15) is 0 Å². The Morgan fingerprint density at radius 3 is 1.39 bits per heavy atom. The maximum Gasteiger partial charge on any atom is 0.226 e. The van der Waals surface area contributed by atoms with Crippen LogP contribution in [0.4, 0.5) is 0 Å². The van der Waals surface area contributed by atoms with Gasteiger partial charge in [-0.05, 0) is 39.5 Å². The molecule has 4 heteroatoms. The largest absolute Gasteiger partial charge is 0.336 e. The molecule has 100 valence electrons. The highest BCUT2D eigenvalue weighted by Gasteiger charge is 2.42. The first-order chi connectivity index (χ1) is 8.58. The number of nitrogens with zero attached hydrogens (tertiary/aromatic N) is 2. The summed E-state index contributed by atoms with van der Waals surface area (Å²) in [7, 11) is 0. The van der Waals surface area contributed by atoms with Gasteiger partial charge in [-0.3, -0.25) is 9.59 Å². The van der Waals surface area contributed by atoms with Gasteiger partial charge in [-0.25, -0.2) is 0 Å². The van der Waals surface area contributed by atoms with Crippen LogP contribution in [0.15, 0.2) is 0 Å². The molecule has 0 bridgehead atoms. The second-order valence-corrected chi connectivity index (χ2v) is 6.23. The van der Waals surface area contributed by atoms with Gasteiger partial charge >= 0.3 is 0 Å². The summed E-state index contributed by atoms with van der Waals surface area (Å²) in [6.45, 7) is 5.57. The van der Waals surface area contributed by atoms with Crippen molar-refractivity contribution in [2.75, 3.05) is 13.1 Å². The first kappa shape index (κ1) is 12.0. The number of piperazine rings is 1. The highest BCUT2D eigenvalue weighted by Crippen LogP contribution is 2.35. The van der Waals surface area contributed by atoms with Gasteiger partial charge in [0.05, 0.1) is 0 Å². The van der Waals surface area contributed by atoms with Crippen LogP contribution < -0.4 is 0 Å². The third-order valence-corrected chi connectivity index (χ3v) is 4.41. The Morgan fingerprint density at radius 2 is 1.11 bits per heavy atom. The summed E-state index contributed by atoms with van der Waals surface area (Å²) < 4.78 is 0. The molecule has 0 aromatic carbocycles. The van der Waals surface area contributed by atoms with Gasteiger partial charge in [-0.15, -0.1) is 0 Å². The fourth-order valence-corrected chi connectivity index (χ4v) is 2.87. The molecule has 0 spiro atoms. The van der Waals surface area contributed by atoms with E-state index in [1.807, 2.05) is 9.80 Å². The van der Waals surface area contributed by atoms with E-state index in [4.69, 9.17) is 0 Å². The van der Waals surface area contributed by atoms with Gasteiger partial charge in [0.15, 0.2) is 0 Å². The Labute approximate surface area is 108 Å². The van der Waals surface area contributed by atoms with E-state index in [2.05, 4.69) is 13.8 Å². The predicted octanol–water partition coefficient (Wildman–Crippen LogP) is 1.25. The lowest BCUT2D eigenvalue weighted by atomic mass is 10.1. The minimum absolute atomic E-state index is 0.178. The van der Waals surface area contributed by atoms with E-state index in [-0.39, 0.29) is 23.9 Å². The SMILES string of the molecule is C[C@@H]1CN(C(=O)C2CC2)[C@H](C)CN1C(=O)C1CC1. The molecule has 1 saturated heterocycles. The van der Waals surface area contributed by atoms with Crippen LogP contribution in [-0.4, -0.2) is 46.8 Å². The Balaban J connectivity index is 1.66. The molecule has 2 atom stereocenters. The molecule has 4 nitrogen and oxygen atoms in total. The summed E-state index contributed by atoms with van der Waals surface area (Å²) >= 11 is 0. The molecule has 0 N–H and O–H groups in total. The zero-order valence-electron chi connectivity index (χ0n) is 11.3. The van der Waals surface area contributed by atoms with Crippen molar-refractivity contribution >= 4 is 11.8 Å². The quantitative estimate of drug-likeness (QED) is 0.740. The molecule has 2 aliphatic carbocycles. The van der Waals surface area contributed by atoms with Gasteiger partial charge in [0.2, 0.25) is 11.8 Å². The van der Waals surface area contributed by atoms with Gasteiger partial charge in [0.25, 0.3) is 0 Å². The average molecular weight is 250 g/mol. The molecule has 0 aromatic rings. The van der Waals surface area contributed by atoms with E-state index in [1.165, 1.54) is 0 Å². The van der Waals surface area contributed by atoms with Crippen LogP contribution in [0.25, 0.3) is 0 Å². The topological polar surface area (TPSA) is 40.6 Å². The van der Waals surface area contributed by atoms with Crippen molar-refractivity contribution < 1.29 is 9.59 Å². The summed E-state index contributed by atoms with van der Waals surface area (Å²) in [5.41, 5.74) is 0. The van der Waals surface area contributed by atoms with Crippen LogP contribution in [0, 0.1) is 11.8 Å². The van der Waals surface area contributed by atoms with Crippen molar-refractivity contribution in [3.05, 3.63) is 0 Å². The van der Waals surface area contributed by atoms with E-state index < -0.39 is 0 Å². The molecular formula is C14H22N2O2. The summed E-state index contributed by atoms with van der Waals surface area (Å²) in [4.78, 5) is 28.3. The Hall–Kier alpha value is -1.06. The summed E-state index contributed by atoms with van der Waals surface area (Å²) in [6, 6.07) is 0.356. The number of carbonyl (C=O) groups is 2. The van der Waals surface area contributed by atoms with Crippen molar-refractivity contribution in [3.63, 3.8) is 0 Å². The lowest BCUT2D eigenvalue weighted by Crippen LogP contribution is -2.60. The summed E-state index contributed by atoms with van der Waals surface area (Å²) in [5, 5.41) is 0. The van der Waals surface area contributed by atoms with Gasteiger partial charge < -0.3 is 9.80 Å². The second-order valence-electron chi connectivity index (χ2n) is 6.23. The Morgan fingerprint density at radius 1 is 0.778 bits per heavy atom. The molecule has 18 heavy (non-hydrogen) atoms. The molecule has 2 amide bonds. The molecule has 1 aliphatic heterocycles.